The number of hydrogen-bond donors (Lipinski definition) is 3. The quantitative estimate of drug-likeness (QED) is 0.470. The number of hydrogen-bond acceptors (Lipinski definition) is 6. The Kier molecular flexibility index (Phi) is 4.78. The number of aliphatic hydroxyl groups is 2. The second kappa shape index (κ2) is 5.33. The Balaban J connectivity index is 4.17. The number of aliphatic carboxylic acids is 1. The van der Waals surface area contributed by atoms with Crippen LogP contribution in [0.3, 0.4) is 0 Å². The molecule has 0 radical (unpaired) electrons. The average Bonchev–Trinajstić information content (AvgIpc) is 2.12. The fourth-order valence-electron chi connectivity index (χ4n) is 0.532. The van der Waals surface area contributed by atoms with Crippen molar-refractivity contribution < 1.29 is 34.4 Å². The van der Waals surface area contributed by atoms with Gasteiger partial charge in [-0.15, -0.1) is 0 Å². The lowest BCUT2D eigenvalue weighted by Crippen LogP contribution is -2.39. The zero-order valence-electron chi connectivity index (χ0n) is 6.84. The van der Waals surface area contributed by atoms with Gasteiger partial charge < -0.3 is 24.8 Å². The monoisotopic (exact) mass is 194 g/mol. The molecule has 0 aromatic carbocycles. The van der Waals surface area contributed by atoms with Gasteiger partial charge in [0.1, 0.15) is 0 Å². The van der Waals surface area contributed by atoms with E-state index in [1.54, 1.807) is 0 Å². The third-order valence-corrected chi connectivity index (χ3v) is 1.20. The molecule has 0 fully saturated rings. The van der Waals surface area contributed by atoms with Gasteiger partial charge in [-0.2, -0.15) is 0 Å². The lowest BCUT2D eigenvalue weighted by atomic mass is 10.2. The summed E-state index contributed by atoms with van der Waals surface area (Å²) in [4.78, 5) is 20.6. The van der Waals surface area contributed by atoms with Crippen molar-refractivity contribution in [2.24, 2.45) is 0 Å². The summed E-state index contributed by atoms with van der Waals surface area (Å²) in [5.74, 6) is -1.59. The average molecular weight is 194 g/mol. The standard InChI is InChI=1S/C6H10O7/c1-12-6(11)13-3(2-7)4(8)5(9)10/h3-4,7-8H,2H2,1H3,(H,9,10). The van der Waals surface area contributed by atoms with Crippen LogP contribution in [0, 0.1) is 0 Å². The van der Waals surface area contributed by atoms with Gasteiger partial charge >= 0.3 is 12.1 Å². The molecule has 0 rings (SSSR count). The molecule has 0 saturated carbocycles. The first kappa shape index (κ1) is 11.7. The van der Waals surface area contributed by atoms with Gasteiger partial charge in [0.15, 0.2) is 12.2 Å². The minimum atomic E-state index is -1.97. The summed E-state index contributed by atoms with van der Waals surface area (Å²) in [6, 6.07) is 0. The van der Waals surface area contributed by atoms with Crippen molar-refractivity contribution in [2.45, 2.75) is 12.2 Å². The number of aliphatic hydroxyl groups excluding tert-OH is 2. The van der Waals surface area contributed by atoms with E-state index in [9.17, 15) is 9.59 Å². The molecular weight excluding hydrogens is 184 g/mol. The highest BCUT2D eigenvalue weighted by Crippen LogP contribution is 2.00. The molecule has 0 aliphatic carbocycles. The highest BCUT2D eigenvalue weighted by molar-refractivity contribution is 5.73. The molecule has 0 spiro atoms. The molecular formula is C6H10O7. The lowest BCUT2D eigenvalue weighted by molar-refractivity contribution is -0.155. The SMILES string of the molecule is COC(=O)OC(CO)C(O)C(=O)O. The summed E-state index contributed by atoms with van der Waals surface area (Å²) in [5, 5.41) is 25.6. The second-order valence-electron chi connectivity index (χ2n) is 2.08. The van der Waals surface area contributed by atoms with Gasteiger partial charge in [-0.3, -0.25) is 0 Å². The van der Waals surface area contributed by atoms with Crippen molar-refractivity contribution in [3.05, 3.63) is 0 Å². The first-order valence-electron chi connectivity index (χ1n) is 3.29. The van der Waals surface area contributed by atoms with E-state index in [0.717, 1.165) is 7.11 Å². The van der Waals surface area contributed by atoms with E-state index in [1.807, 2.05) is 0 Å². The zero-order chi connectivity index (χ0) is 10.4. The van der Waals surface area contributed by atoms with Crippen LogP contribution in [0.2, 0.25) is 0 Å². The predicted octanol–water partition coefficient (Wildman–Crippen LogP) is -1.42. The van der Waals surface area contributed by atoms with Crippen molar-refractivity contribution in [3.8, 4) is 0 Å². The third-order valence-electron chi connectivity index (χ3n) is 1.20. The Labute approximate surface area is 73.5 Å². The molecule has 0 heterocycles. The molecule has 0 amide bonds. The molecule has 2 atom stereocenters. The van der Waals surface area contributed by atoms with Crippen molar-refractivity contribution in [1.82, 2.24) is 0 Å². The zero-order valence-corrected chi connectivity index (χ0v) is 6.84. The van der Waals surface area contributed by atoms with Crippen LogP contribution in [0.1, 0.15) is 0 Å². The molecule has 0 aromatic rings. The molecule has 76 valence electrons. The predicted molar refractivity (Wildman–Crippen MR) is 38.0 cm³/mol. The minimum absolute atomic E-state index is 0.803. The maximum Gasteiger partial charge on any atom is 0.508 e. The number of carboxylic acids is 1. The second-order valence-corrected chi connectivity index (χ2v) is 2.08. The number of carboxylic acid groups (broad SMARTS) is 1. The summed E-state index contributed by atoms with van der Waals surface area (Å²) in [6.07, 6.45) is -4.66. The van der Waals surface area contributed by atoms with Crippen molar-refractivity contribution >= 4 is 12.1 Å². The number of carbonyl (C=O) groups excluding carboxylic acids is 1. The highest BCUT2D eigenvalue weighted by atomic mass is 16.7. The van der Waals surface area contributed by atoms with Gasteiger partial charge in [0.25, 0.3) is 0 Å². The maximum absolute atomic E-state index is 10.4. The van der Waals surface area contributed by atoms with Crippen molar-refractivity contribution in [1.29, 1.82) is 0 Å². The molecule has 0 aliphatic heterocycles. The van der Waals surface area contributed by atoms with Crippen LogP contribution >= 0.6 is 0 Å². The Morgan fingerprint density at radius 1 is 1.46 bits per heavy atom. The summed E-state index contributed by atoms with van der Waals surface area (Å²) >= 11 is 0. The van der Waals surface area contributed by atoms with Crippen LogP contribution in [-0.4, -0.2) is 53.4 Å². The van der Waals surface area contributed by atoms with Crippen molar-refractivity contribution in [3.63, 3.8) is 0 Å². The van der Waals surface area contributed by atoms with Crippen LogP contribution in [0.25, 0.3) is 0 Å². The first-order chi connectivity index (χ1) is 6.02. The largest absolute Gasteiger partial charge is 0.508 e. The van der Waals surface area contributed by atoms with E-state index in [-0.39, 0.29) is 0 Å². The molecule has 0 saturated heterocycles. The van der Waals surface area contributed by atoms with Gasteiger partial charge in [-0.05, 0) is 0 Å². The Morgan fingerprint density at radius 3 is 2.31 bits per heavy atom. The van der Waals surface area contributed by atoms with Gasteiger partial charge in [-0.1, -0.05) is 0 Å². The molecule has 2 unspecified atom stereocenters. The molecule has 7 heteroatoms. The third kappa shape index (κ3) is 3.72. The molecule has 13 heavy (non-hydrogen) atoms. The normalized spacial score (nSPS) is 14.4. The summed E-state index contributed by atoms with van der Waals surface area (Å²) in [7, 11) is 1.02. The fourth-order valence-corrected chi connectivity index (χ4v) is 0.532. The highest BCUT2D eigenvalue weighted by Gasteiger charge is 2.28. The van der Waals surface area contributed by atoms with E-state index < -0.39 is 30.9 Å². The molecule has 0 bridgehead atoms. The van der Waals surface area contributed by atoms with Crippen LogP contribution in [0.5, 0.6) is 0 Å². The first-order valence-corrected chi connectivity index (χ1v) is 3.29. The van der Waals surface area contributed by atoms with Crippen LogP contribution in [0.15, 0.2) is 0 Å². The van der Waals surface area contributed by atoms with Gasteiger partial charge in [0.05, 0.1) is 13.7 Å². The van der Waals surface area contributed by atoms with Gasteiger partial charge in [0.2, 0.25) is 0 Å². The van der Waals surface area contributed by atoms with E-state index in [1.165, 1.54) is 0 Å². The molecule has 0 aromatic heterocycles. The van der Waals surface area contributed by atoms with Gasteiger partial charge in [-0.25, -0.2) is 9.59 Å². The number of rotatable bonds is 4. The van der Waals surface area contributed by atoms with E-state index in [4.69, 9.17) is 15.3 Å². The molecule has 7 nitrogen and oxygen atoms in total. The fraction of sp³-hybridized carbons (Fsp3) is 0.667. The smallest absolute Gasteiger partial charge is 0.479 e. The Bertz CT molecular complexity index is 189. The van der Waals surface area contributed by atoms with E-state index in [2.05, 4.69) is 9.47 Å². The molecule has 0 aliphatic rings. The van der Waals surface area contributed by atoms with Crippen LogP contribution in [0.4, 0.5) is 4.79 Å². The minimum Gasteiger partial charge on any atom is -0.479 e. The maximum atomic E-state index is 10.4. The summed E-state index contributed by atoms with van der Waals surface area (Å²) in [5.41, 5.74) is 0. The molecule has 3 N–H and O–H groups in total. The Hall–Kier alpha value is -1.34. The van der Waals surface area contributed by atoms with E-state index in [0.29, 0.717) is 0 Å². The van der Waals surface area contributed by atoms with Crippen LogP contribution in [-0.2, 0) is 14.3 Å². The van der Waals surface area contributed by atoms with Crippen molar-refractivity contribution in [2.75, 3.05) is 13.7 Å². The Morgan fingerprint density at radius 2 is 2.00 bits per heavy atom. The lowest BCUT2D eigenvalue weighted by Gasteiger charge is -2.16. The van der Waals surface area contributed by atoms with E-state index >= 15 is 0 Å². The van der Waals surface area contributed by atoms with Crippen LogP contribution < -0.4 is 0 Å². The topological polar surface area (TPSA) is 113 Å². The van der Waals surface area contributed by atoms with Gasteiger partial charge in [0, 0.05) is 0 Å². The summed E-state index contributed by atoms with van der Waals surface area (Å²) in [6.45, 7) is -0.803. The summed E-state index contributed by atoms with van der Waals surface area (Å²) < 4.78 is 8.27. The number of methoxy groups -OCH3 is 1. The number of carbonyl (C=O) groups is 2. The number of ether oxygens (including phenoxy) is 2.